The molecule has 1 aliphatic heterocycles. The molecule has 4 heteroatoms. The molecule has 1 unspecified atom stereocenters. The van der Waals surface area contributed by atoms with Gasteiger partial charge in [0.25, 0.3) is 0 Å². The van der Waals surface area contributed by atoms with Crippen molar-refractivity contribution in [1.29, 1.82) is 0 Å². The summed E-state index contributed by atoms with van der Waals surface area (Å²) in [6.07, 6.45) is 3.46. The molecule has 2 aliphatic rings. The minimum Gasteiger partial charge on any atom is -0.324 e. The summed E-state index contributed by atoms with van der Waals surface area (Å²) in [5.74, 6) is 0.823. The van der Waals surface area contributed by atoms with Gasteiger partial charge in [-0.3, -0.25) is 10.1 Å². The van der Waals surface area contributed by atoms with E-state index >= 15 is 0 Å². The van der Waals surface area contributed by atoms with Crippen LogP contribution in [0, 0.1) is 5.92 Å². The highest BCUT2D eigenvalue weighted by atomic mass is 16.2. The fourth-order valence-electron chi connectivity index (χ4n) is 3.07. The maximum absolute atomic E-state index is 12.5. The second-order valence-corrected chi connectivity index (χ2v) is 6.35. The van der Waals surface area contributed by atoms with Crippen LogP contribution in [0.3, 0.4) is 0 Å². The van der Waals surface area contributed by atoms with E-state index in [1.54, 1.807) is 0 Å². The lowest BCUT2D eigenvalue weighted by Crippen LogP contribution is -2.45. The summed E-state index contributed by atoms with van der Waals surface area (Å²) in [6.45, 7) is 12.9. The van der Waals surface area contributed by atoms with Gasteiger partial charge in [-0.2, -0.15) is 0 Å². The minimum atomic E-state index is -0.170. The van der Waals surface area contributed by atoms with E-state index < -0.39 is 0 Å². The maximum atomic E-state index is 12.5. The Kier molecular flexibility index (Phi) is 4.51. The second kappa shape index (κ2) is 5.80. The number of carbonyl (C=O) groups is 1. The first kappa shape index (κ1) is 14.8. The van der Waals surface area contributed by atoms with Crippen molar-refractivity contribution in [1.82, 2.24) is 15.1 Å². The lowest BCUT2D eigenvalue weighted by Gasteiger charge is -2.29. The van der Waals surface area contributed by atoms with Crippen LogP contribution in [-0.2, 0) is 4.79 Å². The number of amides is 1. The number of carbonyl (C=O) groups excluding carboxylic acids is 1. The molecule has 110 valence electrons. The van der Waals surface area contributed by atoms with E-state index in [-0.39, 0.29) is 11.7 Å². The Bertz CT molecular complexity index is 325. The Hall–Kier alpha value is -0.610. The Morgan fingerprint density at radius 3 is 2.53 bits per heavy atom. The monoisotopic (exact) mass is 267 g/mol. The van der Waals surface area contributed by atoms with Crippen LogP contribution in [0.15, 0.2) is 0 Å². The van der Waals surface area contributed by atoms with Gasteiger partial charge in [-0.1, -0.05) is 27.7 Å². The summed E-state index contributed by atoms with van der Waals surface area (Å²) >= 11 is 0. The van der Waals surface area contributed by atoms with Crippen molar-refractivity contribution >= 4 is 5.91 Å². The standard InChI is InChI=1S/C15H29N3O/c1-5-9-17(6-2)10-11-18-13(12(3)4)16-15(7-8-15)14(18)19/h12-13,16H,5-11H2,1-4H3. The SMILES string of the molecule is CCCN(CC)CCN1C(=O)C2(CC2)NC1C(C)C. The molecular formula is C15H29N3O. The van der Waals surface area contributed by atoms with Crippen molar-refractivity contribution in [3.63, 3.8) is 0 Å². The fourth-order valence-corrected chi connectivity index (χ4v) is 3.07. The quantitative estimate of drug-likeness (QED) is 0.762. The molecule has 0 aromatic heterocycles. The van der Waals surface area contributed by atoms with Gasteiger partial charge in [0.1, 0.15) is 0 Å². The third-order valence-electron chi connectivity index (χ3n) is 4.46. The molecule has 1 heterocycles. The van der Waals surface area contributed by atoms with Gasteiger partial charge in [0, 0.05) is 13.1 Å². The van der Waals surface area contributed by atoms with Crippen molar-refractivity contribution in [2.75, 3.05) is 26.2 Å². The van der Waals surface area contributed by atoms with E-state index in [9.17, 15) is 4.79 Å². The van der Waals surface area contributed by atoms with E-state index in [0.717, 1.165) is 39.0 Å². The predicted molar refractivity (Wildman–Crippen MR) is 77.8 cm³/mol. The fraction of sp³-hybridized carbons (Fsp3) is 0.933. The summed E-state index contributed by atoms with van der Waals surface area (Å²) in [4.78, 5) is 17.0. The van der Waals surface area contributed by atoms with Crippen LogP contribution >= 0.6 is 0 Å². The third-order valence-corrected chi connectivity index (χ3v) is 4.46. The summed E-state index contributed by atoms with van der Waals surface area (Å²) in [7, 11) is 0. The highest BCUT2D eigenvalue weighted by Crippen LogP contribution is 2.43. The molecule has 0 aromatic rings. The zero-order chi connectivity index (χ0) is 14.0. The minimum absolute atomic E-state index is 0.170. The first-order valence-corrected chi connectivity index (χ1v) is 7.85. The van der Waals surface area contributed by atoms with Crippen LogP contribution in [0.25, 0.3) is 0 Å². The summed E-state index contributed by atoms with van der Waals surface area (Å²) in [6, 6.07) is 0. The summed E-state index contributed by atoms with van der Waals surface area (Å²) in [5.41, 5.74) is -0.170. The van der Waals surface area contributed by atoms with Crippen molar-refractivity contribution in [3.8, 4) is 0 Å². The zero-order valence-electron chi connectivity index (χ0n) is 12.9. The smallest absolute Gasteiger partial charge is 0.244 e. The molecule has 2 fully saturated rings. The zero-order valence-corrected chi connectivity index (χ0v) is 12.9. The van der Waals surface area contributed by atoms with Gasteiger partial charge in [0.2, 0.25) is 5.91 Å². The third kappa shape index (κ3) is 2.95. The molecule has 0 bridgehead atoms. The largest absolute Gasteiger partial charge is 0.324 e. The maximum Gasteiger partial charge on any atom is 0.244 e. The molecule has 1 aliphatic carbocycles. The Labute approximate surface area is 117 Å². The molecule has 19 heavy (non-hydrogen) atoms. The average molecular weight is 267 g/mol. The molecule has 1 atom stereocenters. The van der Waals surface area contributed by atoms with Crippen LogP contribution in [0.5, 0.6) is 0 Å². The van der Waals surface area contributed by atoms with Crippen LogP contribution in [0.1, 0.15) is 47.0 Å². The summed E-state index contributed by atoms with van der Waals surface area (Å²) in [5, 5.41) is 3.57. The molecule has 1 amide bonds. The number of nitrogens with one attached hydrogen (secondary N) is 1. The predicted octanol–water partition coefficient (Wildman–Crippen LogP) is 1.66. The van der Waals surface area contributed by atoms with Gasteiger partial charge in [-0.05, 0) is 38.3 Å². The number of likely N-dealkylation sites (N-methyl/N-ethyl adjacent to an activating group) is 1. The van der Waals surface area contributed by atoms with Gasteiger partial charge < -0.3 is 9.80 Å². The normalized spacial score (nSPS) is 25.1. The second-order valence-electron chi connectivity index (χ2n) is 6.35. The number of hydrogen-bond acceptors (Lipinski definition) is 3. The van der Waals surface area contributed by atoms with Gasteiger partial charge in [-0.15, -0.1) is 0 Å². The van der Waals surface area contributed by atoms with Crippen LogP contribution in [0.4, 0.5) is 0 Å². The average Bonchev–Trinajstić information content (AvgIpc) is 3.10. The van der Waals surface area contributed by atoms with Crippen molar-refractivity contribution in [2.45, 2.75) is 58.7 Å². The number of hydrogen-bond donors (Lipinski definition) is 1. The van der Waals surface area contributed by atoms with Crippen molar-refractivity contribution in [3.05, 3.63) is 0 Å². The molecule has 4 nitrogen and oxygen atoms in total. The van der Waals surface area contributed by atoms with Crippen LogP contribution < -0.4 is 5.32 Å². The molecule has 1 N–H and O–H groups in total. The molecule has 1 spiro atoms. The van der Waals surface area contributed by atoms with Crippen molar-refractivity contribution < 1.29 is 4.79 Å². The van der Waals surface area contributed by atoms with E-state index in [1.807, 2.05) is 0 Å². The summed E-state index contributed by atoms with van der Waals surface area (Å²) < 4.78 is 0. The molecule has 0 radical (unpaired) electrons. The molecule has 1 saturated heterocycles. The lowest BCUT2D eigenvalue weighted by atomic mass is 10.1. The van der Waals surface area contributed by atoms with E-state index in [1.165, 1.54) is 6.42 Å². The lowest BCUT2D eigenvalue weighted by molar-refractivity contribution is -0.131. The van der Waals surface area contributed by atoms with E-state index in [4.69, 9.17) is 0 Å². The first-order valence-electron chi connectivity index (χ1n) is 7.85. The highest BCUT2D eigenvalue weighted by molar-refractivity contribution is 5.91. The van der Waals surface area contributed by atoms with Gasteiger partial charge >= 0.3 is 0 Å². The van der Waals surface area contributed by atoms with Gasteiger partial charge in [0.15, 0.2) is 0 Å². The van der Waals surface area contributed by atoms with E-state index in [2.05, 4.69) is 42.8 Å². The van der Waals surface area contributed by atoms with Gasteiger partial charge in [-0.25, -0.2) is 0 Å². The molecule has 0 aromatic carbocycles. The highest BCUT2D eigenvalue weighted by Gasteiger charge is 2.59. The number of rotatable bonds is 7. The van der Waals surface area contributed by atoms with E-state index in [0.29, 0.717) is 11.8 Å². The van der Waals surface area contributed by atoms with Gasteiger partial charge in [0.05, 0.1) is 11.7 Å². The molecule has 2 rings (SSSR count). The molecular weight excluding hydrogens is 238 g/mol. The van der Waals surface area contributed by atoms with Crippen molar-refractivity contribution in [2.24, 2.45) is 5.92 Å². The van der Waals surface area contributed by atoms with Crippen LogP contribution in [-0.4, -0.2) is 53.6 Å². The Morgan fingerprint density at radius 1 is 1.37 bits per heavy atom. The Morgan fingerprint density at radius 2 is 2.05 bits per heavy atom. The first-order chi connectivity index (χ1) is 9.04. The number of nitrogens with zero attached hydrogens (tertiary/aromatic N) is 2. The van der Waals surface area contributed by atoms with Crippen LogP contribution in [0.2, 0.25) is 0 Å². The molecule has 1 saturated carbocycles. The topological polar surface area (TPSA) is 35.6 Å². The Balaban J connectivity index is 1.94.